The number of imidazole rings is 1. The van der Waals surface area contributed by atoms with E-state index in [1.54, 1.807) is 30.0 Å². The molecule has 0 saturated carbocycles. The van der Waals surface area contributed by atoms with E-state index in [4.69, 9.17) is 4.42 Å². The molecule has 0 bridgehead atoms. The van der Waals surface area contributed by atoms with Crippen LogP contribution in [0.5, 0.6) is 0 Å². The van der Waals surface area contributed by atoms with Crippen molar-refractivity contribution >= 4 is 11.8 Å². The van der Waals surface area contributed by atoms with Gasteiger partial charge in [0.05, 0.1) is 24.4 Å². The topological polar surface area (TPSA) is 71.6 Å². The SMILES string of the molecule is Cc1ccoc1C(=O)N1CCn2cc(CC(=O)N(C)C)nc2[C@H]1C. The predicted molar refractivity (Wildman–Crippen MR) is 87.5 cm³/mol. The Morgan fingerprint density at radius 2 is 2.12 bits per heavy atom. The van der Waals surface area contributed by atoms with Crippen molar-refractivity contribution in [1.82, 2.24) is 19.4 Å². The summed E-state index contributed by atoms with van der Waals surface area (Å²) in [6.45, 7) is 5.06. The van der Waals surface area contributed by atoms with Gasteiger partial charge in [-0.1, -0.05) is 0 Å². The molecule has 0 fully saturated rings. The molecule has 2 amide bonds. The van der Waals surface area contributed by atoms with Gasteiger partial charge in [0.25, 0.3) is 5.91 Å². The molecular weight excluding hydrogens is 308 g/mol. The van der Waals surface area contributed by atoms with Crippen LogP contribution in [0.25, 0.3) is 0 Å². The molecule has 0 N–H and O–H groups in total. The van der Waals surface area contributed by atoms with Crippen LogP contribution >= 0.6 is 0 Å². The van der Waals surface area contributed by atoms with E-state index < -0.39 is 0 Å². The monoisotopic (exact) mass is 330 g/mol. The van der Waals surface area contributed by atoms with Crippen molar-refractivity contribution in [3.63, 3.8) is 0 Å². The second-order valence-electron chi connectivity index (χ2n) is 6.36. The maximum atomic E-state index is 12.7. The summed E-state index contributed by atoms with van der Waals surface area (Å²) < 4.78 is 7.36. The Morgan fingerprint density at radius 3 is 2.75 bits per heavy atom. The molecule has 0 aliphatic carbocycles. The molecule has 128 valence electrons. The Kier molecular flexibility index (Phi) is 4.17. The normalized spacial score (nSPS) is 16.8. The van der Waals surface area contributed by atoms with Gasteiger partial charge in [0.15, 0.2) is 5.76 Å². The molecular formula is C17H22N4O3. The van der Waals surface area contributed by atoms with Gasteiger partial charge in [-0.05, 0) is 19.9 Å². The van der Waals surface area contributed by atoms with Gasteiger partial charge in [-0.3, -0.25) is 9.59 Å². The Bertz CT molecular complexity index is 775. The summed E-state index contributed by atoms with van der Waals surface area (Å²) in [7, 11) is 3.46. The molecule has 0 saturated heterocycles. The van der Waals surface area contributed by atoms with E-state index in [0.717, 1.165) is 17.1 Å². The number of carbonyl (C=O) groups is 2. The second-order valence-corrected chi connectivity index (χ2v) is 6.36. The molecule has 7 heteroatoms. The van der Waals surface area contributed by atoms with Crippen LogP contribution in [0, 0.1) is 6.92 Å². The maximum Gasteiger partial charge on any atom is 0.290 e. The van der Waals surface area contributed by atoms with Gasteiger partial charge in [-0.15, -0.1) is 0 Å². The fraction of sp³-hybridized carbons (Fsp3) is 0.471. The first-order valence-corrected chi connectivity index (χ1v) is 7.99. The van der Waals surface area contributed by atoms with Crippen LogP contribution in [0.15, 0.2) is 22.9 Å². The zero-order valence-corrected chi connectivity index (χ0v) is 14.4. The molecule has 0 spiro atoms. The summed E-state index contributed by atoms with van der Waals surface area (Å²) in [5.41, 5.74) is 1.57. The summed E-state index contributed by atoms with van der Waals surface area (Å²) >= 11 is 0. The Balaban J connectivity index is 1.81. The van der Waals surface area contributed by atoms with E-state index in [-0.39, 0.29) is 24.3 Å². The van der Waals surface area contributed by atoms with E-state index in [9.17, 15) is 9.59 Å². The summed E-state index contributed by atoms with van der Waals surface area (Å²) in [6, 6.07) is 1.62. The lowest BCUT2D eigenvalue weighted by Gasteiger charge is -2.33. The Labute approximate surface area is 140 Å². The third-order valence-electron chi connectivity index (χ3n) is 4.43. The van der Waals surface area contributed by atoms with Crippen molar-refractivity contribution in [2.24, 2.45) is 0 Å². The third-order valence-corrected chi connectivity index (χ3v) is 4.43. The fourth-order valence-electron chi connectivity index (χ4n) is 2.95. The second kappa shape index (κ2) is 6.14. The van der Waals surface area contributed by atoms with Crippen molar-refractivity contribution in [3.05, 3.63) is 41.4 Å². The average molecular weight is 330 g/mol. The number of nitrogens with zero attached hydrogens (tertiary/aromatic N) is 4. The van der Waals surface area contributed by atoms with Crippen molar-refractivity contribution < 1.29 is 14.0 Å². The van der Waals surface area contributed by atoms with E-state index >= 15 is 0 Å². The number of aromatic nitrogens is 2. The highest BCUT2D eigenvalue weighted by Gasteiger charge is 2.32. The minimum absolute atomic E-state index is 0.0113. The Hall–Kier alpha value is -2.57. The molecule has 0 radical (unpaired) electrons. The number of hydrogen-bond acceptors (Lipinski definition) is 4. The lowest BCUT2D eigenvalue weighted by atomic mass is 10.1. The first kappa shape index (κ1) is 16.3. The van der Waals surface area contributed by atoms with Gasteiger partial charge in [-0.25, -0.2) is 4.98 Å². The molecule has 1 aliphatic heterocycles. The van der Waals surface area contributed by atoms with Crippen molar-refractivity contribution in [1.29, 1.82) is 0 Å². The van der Waals surface area contributed by atoms with E-state index in [2.05, 4.69) is 4.98 Å². The number of hydrogen-bond donors (Lipinski definition) is 0. The molecule has 1 aliphatic rings. The summed E-state index contributed by atoms with van der Waals surface area (Å²) in [6.07, 6.45) is 3.71. The molecule has 2 aromatic rings. The van der Waals surface area contributed by atoms with Gasteiger partial charge >= 0.3 is 0 Å². The van der Waals surface area contributed by atoms with Crippen LogP contribution in [0.3, 0.4) is 0 Å². The largest absolute Gasteiger partial charge is 0.459 e. The number of aryl methyl sites for hydroxylation is 1. The molecule has 3 heterocycles. The average Bonchev–Trinajstić information content (AvgIpc) is 3.13. The summed E-state index contributed by atoms with van der Waals surface area (Å²) in [5, 5.41) is 0. The predicted octanol–water partition coefficient (Wildman–Crippen LogP) is 1.63. The standard InChI is InChI=1S/C17H22N4O3/c1-11-5-8-24-15(11)17(23)21-7-6-20-10-13(9-14(22)19(3)4)18-16(20)12(21)2/h5,8,10,12H,6-7,9H2,1-4H3/t12-/m1/s1. The first-order valence-electron chi connectivity index (χ1n) is 7.99. The number of amides is 2. The van der Waals surface area contributed by atoms with Gasteiger partial charge < -0.3 is 18.8 Å². The number of carbonyl (C=O) groups excluding carboxylic acids is 2. The van der Waals surface area contributed by atoms with Crippen LogP contribution in [0.2, 0.25) is 0 Å². The van der Waals surface area contributed by atoms with Crippen molar-refractivity contribution in [2.45, 2.75) is 32.9 Å². The van der Waals surface area contributed by atoms with E-state index in [1.165, 1.54) is 6.26 Å². The smallest absolute Gasteiger partial charge is 0.290 e. The molecule has 3 rings (SSSR count). The minimum atomic E-state index is -0.168. The van der Waals surface area contributed by atoms with Crippen LogP contribution < -0.4 is 0 Å². The molecule has 0 aromatic carbocycles. The number of furan rings is 1. The van der Waals surface area contributed by atoms with Crippen LogP contribution in [-0.2, 0) is 17.8 Å². The van der Waals surface area contributed by atoms with Gasteiger partial charge in [0, 0.05) is 38.9 Å². The lowest BCUT2D eigenvalue weighted by molar-refractivity contribution is -0.128. The van der Waals surface area contributed by atoms with Gasteiger partial charge in [0.1, 0.15) is 5.82 Å². The number of fused-ring (bicyclic) bond motifs is 1. The van der Waals surface area contributed by atoms with Gasteiger partial charge in [-0.2, -0.15) is 0 Å². The molecule has 24 heavy (non-hydrogen) atoms. The van der Waals surface area contributed by atoms with E-state index in [0.29, 0.717) is 18.8 Å². The highest BCUT2D eigenvalue weighted by molar-refractivity contribution is 5.93. The fourth-order valence-corrected chi connectivity index (χ4v) is 2.95. The third kappa shape index (κ3) is 2.81. The first-order chi connectivity index (χ1) is 11.4. The van der Waals surface area contributed by atoms with Crippen molar-refractivity contribution in [3.8, 4) is 0 Å². The van der Waals surface area contributed by atoms with Crippen LogP contribution in [-0.4, -0.2) is 51.8 Å². The molecule has 7 nitrogen and oxygen atoms in total. The van der Waals surface area contributed by atoms with Crippen LogP contribution in [0.1, 0.15) is 40.6 Å². The van der Waals surface area contributed by atoms with E-state index in [1.807, 2.05) is 24.6 Å². The zero-order chi connectivity index (χ0) is 17.4. The molecule has 0 unspecified atom stereocenters. The summed E-state index contributed by atoms with van der Waals surface area (Å²) in [4.78, 5) is 32.5. The van der Waals surface area contributed by atoms with Crippen molar-refractivity contribution in [2.75, 3.05) is 20.6 Å². The number of rotatable bonds is 3. The maximum absolute atomic E-state index is 12.7. The quantitative estimate of drug-likeness (QED) is 0.857. The zero-order valence-electron chi connectivity index (χ0n) is 14.4. The van der Waals surface area contributed by atoms with Crippen LogP contribution in [0.4, 0.5) is 0 Å². The highest BCUT2D eigenvalue weighted by atomic mass is 16.3. The highest BCUT2D eigenvalue weighted by Crippen LogP contribution is 2.27. The molecule has 1 atom stereocenters. The number of likely N-dealkylation sites (N-methyl/N-ethyl adjacent to an activating group) is 1. The van der Waals surface area contributed by atoms with Gasteiger partial charge in [0.2, 0.25) is 5.91 Å². The Morgan fingerprint density at radius 1 is 1.38 bits per heavy atom. The summed E-state index contributed by atoms with van der Waals surface area (Å²) in [5.74, 6) is 1.08. The lowest BCUT2D eigenvalue weighted by Crippen LogP contribution is -2.41. The molecule has 2 aromatic heterocycles. The minimum Gasteiger partial charge on any atom is -0.459 e.